The molecule has 0 amide bonds. The lowest BCUT2D eigenvalue weighted by molar-refractivity contribution is -0.137. The summed E-state index contributed by atoms with van der Waals surface area (Å²) in [6.45, 7) is 4.91. The van der Waals surface area contributed by atoms with Gasteiger partial charge in [0.25, 0.3) is 0 Å². The van der Waals surface area contributed by atoms with E-state index in [2.05, 4.69) is 0 Å². The van der Waals surface area contributed by atoms with Crippen LogP contribution in [0.1, 0.15) is 44.4 Å². The zero-order valence-electron chi connectivity index (χ0n) is 11.5. The summed E-state index contributed by atoms with van der Waals surface area (Å²) in [6, 6.07) is 8.80. The molecule has 5 heteroatoms. The molecule has 0 saturated heterocycles. The molecule has 0 bridgehead atoms. The second kappa shape index (κ2) is 5.74. The van der Waals surface area contributed by atoms with Gasteiger partial charge in [-0.1, -0.05) is 30.3 Å². The second-order valence-corrected chi connectivity index (χ2v) is 8.37. The monoisotopic (exact) mass is 284 g/mol. The van der Waals surface area contributed by atoms with Crippen molar-refractivity contribution in [2.75, 3.05) is 0 Å². The predicted molar refractivity (Wildman–Crippen MR) is 74.7 cm³/mol. The molecule has 0 radical (unpaired) electrons. The van der Waals surface area contributed by atoms with Crippen LogP contribution in [0, 0.1) is 0 Å². The molecule has 1 atom stereocenters. The Kier molecular flexibility index (Phi) is 4.74. The number of carboxylic acid groups (broad SMARTS) is 1. The van der Waals surface area contributed by atoms with Crippen molar-refractivity contribution >= 4 is 15.8 Å². The zero-order valence-corrected chi connectivity index (χ0v) is 12.3. The Hall–Kier alpha value is -1.36. The first-order valence-corrected chi connectivity index (χ1v) is 7.71. The van der Waals surface area contributed by atoms with Gasteiger partial charge >= 0.3 is 5.97 Å². The van der Waals surface area contributed by atoms with Gasteiger partial charge in [-0.15, -0.1) is 0 Å². The van der Waals surface area contributed by atoms with Crippen molar-refractivity contribution in [1.29, 1.82) is 0 Å². The molecule has 1 rings (SSSR count). The Balaban J connectivity index is 3.18. The fraction of sp³-hybridized carbons (Fsp3) is 0.500. The van der Waals surface area contributed by atoms with Crippen LogP contribution >= 0.6 is 0 Å². The van der Waals surface area contributed by atoms with E-state index in [1.807, 2.05) is 6.07 Å². The third-order valence-corrected chi connectivity index (χ3v) is 5.98. The maximum Gasteiger partial charge on any atom is 0.303 e. The van der Waals surface area contributed by atoms with E-state index < -0.39 is 25.8 Å². The van der Waals surface area contributed by atoms with Gasteiger partial charge in [-0.05, 0) is 32.8 Å². The van der Waals surface area contributed by atoms with Crippen LogP contribution in [0.3, 0.4) is 0 Å². The summed E-state index contributed by atoms with van der Waals surface area (Å²) in [5.41, 5.74) is 0.652. The van der Waals surface area contributed by atoms with Crippen molar-refractivity contribution in [1.82, 2.24) is 0 Å². The highest BCUT2D eigenvalue weighted by Crippen LogP contribution is 2.35. The minimum Gasteiger partial charge on any atom is -0.481 e. The molecule has 0 aliphatic rings. The lowest BCUT2D eigenvalue weighted by Crippen LogP contribution is -2.33. The maximum atomic E-state index is 12.6. The summed E-state index contributed by atoms with van der Waals surface area (Å²) in [7, 11) is -3.45. The number of rotatable bonds is 5. The summed E-state index contributed by atoms with van der Waals surface area (Å²) >= 11 is 0. The standard InChI is InChI=1S/C14H20O4S/c1-14(2,3)19(17,18)12(9-10-13(15)16)11-7-5-4-6-8-11/h4-8,12H,9-10H2,1-3H3,(H,15,16)/t12-/m0/s1. The molecular weight excluding hydrogens is 264 g/mol. The molecule has 4 nitrogen and oxygen atoms in total. The van der Waals surface area contributed by atoms with E-state index in [9.17, 15) is 13.2 Å². The number of hydrogen-bond donors (Lipinski definition) is 1. The number of benzene rings is 1. The molecule has 0 heterocycles. The van der Waals surface area contributed by atoms with Crippen molar-refractivity contribution in [2.24, 2.45) is 0 Å². The summed E-state index contributed by atoms with van der Waals surface area (Å²) in [5, 5.41) is 8.01. The van der Waals surface area contributed by atoms with E-state index in [-0.39, 0.29) is 12.8 Å². The number of aliphatic carboxylic acids is 1. The molecule has 1 aromatic carbocycles. The number of carboxylic acids is 1. The van der Waals surface area contributed by atoms with Crippen molar-refractivity contribution in [3.63, 3.8) is 0 Å². The minimum absolute atomic E-state index is 0.0962. The largest absolute Gasteiger partial charge is 0.481 e. The molecule has 0 unspecified atom stereocenters. The van der Waals surface area contributed by atoms with Crippen molar-refractivity contribution < 1.29 is 18.3 Å². The number of carbonyl (C=O) groups is 1. The van der Waals surface area contributed by atoms with Crippen LogP contribution in [-0.2, 0) is 14.6 Å². The van der Waals surface area contributed by atoms with Crippen molar-refractivity contribution in [2.45, 2.75) is 43.6 Å². The molecule has 0 fully saturated rings. The molecule has 1 aromatic rings. The molecule has 106 valence electrons. The van der Waals surface area contributed by atoms with Gasteiger partial charge in [0.15, 0.2) is 9.84 Å². The molecule has 0 spiro atoms. The van der Waals surface area contributed by atoms with Gasteiger partial charge in [0, 0.05) is 6.42 Å². The van der Waals surface area contributed by atoms with Gasteiger partial charge in [-0.2, -0.15) is 0 Å². The van der Waals surface area contributed by atoms with Crippen molar-refractivity contribution in [3.05, 3.63) is 35.9 Å². The summed E-state index contributed by atoms with van der Waals surface area (Å²) in [5.74, 6) is -0.981. The SMILES string of the molecule is CC(C)(C)S(=O)(=O)[C@@H](CCC(=O)O)c1ccccc1. The van der Waals surface area contributed by atoms with Gasteiger partial charge in [0.2, 0.25) is 0 Å². The summed E-state index contributed by atoms with van der Waals surface area (Å²) in [4.78, 5) is 10.7. The maximum absolute atomic E-state index is 12.6. The van der Waals surface area contributed by atoms with E-state index in [1.165, 1.54) is 0 Å². The van der Waals surface area contributed by atoms with Gasteiger partial charge < -0.3 is 5.11 Å². The molecule has 0 aromatic heterocycles. The lowest BCUT2D eigenvalue weighted by atomic mass is 10.1. The van der Waals surface area contributed by atoms with Crippen LogP contribution in [0.2, 0.25) is 0 Å². The van der Waals surface area contributed by atoms with Crippen molar-refractivity contribution in [3.8, 4) is 0 Å². The highest BCUT2D eigenvalue weighted by Gasteiger charge is 2.37. The normalized spacial score (nSPS) is 14.1. The smallest absolute Gasteiger partial charge is 0.303 e. The highest BCUT2D eigenvalue weighted by molar-refractivity contribution is 7.93. The van der Waals surface area contributed by atoms with Gasteiger partial charge in [-0.25, -0.2) is 8.42 Å². The van der Waals surface area contributed by atoms with Crippen LogP contribution in [0.5, 0.6) is 0 Å². The quantitative estimate of drug-likeness (QED) is 0.902. The Bertz CT molecular complexity index is 526. The third-order valence-electron chi connectivity index (χ3n) is 3.02. The van der Waals surface area contributed by atoms with Crippen LogP contribution in [-0.4, -0.2) is 24.2 Å². The first kappa shape index (κ1) is 15.7. The minimum atomic E-state index is -3.45. The predicted octanol–water partition coefficient (Wildman–Crippen LogP) is 2.81. The van der Waals surface area contributed by atoms with Gasteiger partial charge in [0.1, 0.15) is 0 Å². The van der Waals surface area contributed by atoms with Crippen LogP contribution in [0.4, 0.5) is 0 Å². The molecule has 0 aliphatic heterocycles. The Morgan fingerprint density at radius 2 is 1.74 bits per heavy atom. The molecule has 1 N–H and O–H groups in total. The van der Waals surface area contributed by atoms with E-state index in [1.54, 1.807) is 45.0 Å². The van der Waals surface area contributed by atoms with Gasteiger partial charge in [-0.3, -0.25) is 4.79 Å². The Labute approximate surface area is 114 Å². The van der Waals surface area contributed by atoms with Crippen LogP contribution in [0.25, 0.3) is 0 Å². The third kappa shape index (κ3) is 3.80. The average Bonchev–Trinajstić information content (AvgIpc) is 2.28. The molecule has 0 saturated carbocycles. The second-order valence-electron chi connectivity index (χ2n) is 5.49. The fourth-order valence-electron chi connectivity index (χ4n) is 1.85. The van der Waals surface area contributed by atoms with Crippen LogP contribution in [0.15, 0.2) is 30.3 Å². The van der Waals surface area contributed by atoms with E-state index in [4.69, 9.17) is 5.11 Å². The summed E-state index contributed by atoms with van der Waals surface area (Å²) in [6.07, 6.45) is -0.0617. The first-order chi connectivity index (χ1) is 8.66. The van der Waals surface area contributed by atoms with Gasteiger partial charge in [0.05, 0.1) is 10.00 Å². The van der Waals surface area contributed by atoms with E-state index >= 15 is 0 Å². The Morgan fingerprint density at radius 3 is 2.16 bits per heavy atom. The fourth-order valence-corrected chi connectivity index (χ4v) is 3.65. The molecule has 0 aliphatic carbocycles. The zero-order chi connectivity index (χ0) is 14.7. The summed E-state index contributed by atoms with van der Waals surface area (Å²) < 4.78 is 24.2. The van der Waals surface area contributed by atoms with E-state index in [0.717, 1.165) is 0 Å². The topological polar surface area (TPSA) is 71.4 Å². The van der Waals surface area contributed by atoms with E-state index in [0.29, 0.717) is 5.56 Å². The number of sulfone groups is 1. The molecule has 19 heavy (non-hydrogen) atoms. The first-order valence-electron chi connectivity index (χ1n) is 6.16. The average molecular weight is 284 g/mol. The number of hydrogen-bond acceptors (Lipinski definition) is 3. The Morgan fingerprint density at radius 1 is 1.21 bits per heavy atom. The van der Waals surface area contributed by atoms with Crippen LogP contribution < -0.4 is 0 Å². The lowest BCUT2D eigenvalue weighted by Gasteiger charge is -2.27. The highest BCUT2D eigenvalue weighted by atomic mass is 32.2. The molecular formula is C14H20O4S.